The number of thiophene rings is 1. The second kappa shape index (κ2) is 13.4. The highest BCUT2D eigenvalue weighted by Gasteiger charge is 2.16. The number of hydrogen-bond acceptors (Lipinski definition) is 2. The fourth-order valence-corrected chi connectivity index (χ4v) is 9.59. The van der Waals surface area contributed by atoms with Gasteiger partial charge in [-0.15, -0.1) is 11.3 Å². The van der Waals surface area contributed by atoms with E-state index in [0.717, 1.165) is 17.1 Å². The zero-order chi connectivity index (χ0) is 37.0. The number of nitrogens with zero attached hydrogens (tertiary/aromatic N) is 1. The third-order valence-electron chi connectivity index (χ3n) is 11.2. The fraction of sp³-hybridized carbons (Fsp3) is 0. The number of rotatable bonds is 6. The zero-order valence-electron chi connectivity index (χ0n) is 30.6. The fourth-order valence-electron chi connectivity index (χ4n) is 8.37. The summed E-state index contributed by atoms with van der Waals surface area (Å²) in [4.78, 5) is 3.64. The molecule has 1 nitrogen and oxygen atoms in total. The molecule has 0 N–H and O–H groups in total. The average Bonchev–Trinajstić information content (AvgIpc) is 3.73. The molecule has 1 aromatic heterocycles. The molecule has 0 saturated heterocycles. The van der Waals surface area contributed by atoms with Crippen molar-refractivity contribution in [2.24, 2.45) is 0 Å². The topological polar surface area (TPSA) is 3.24 Å². The summed E-state index contributed by atoms with van der Waals surface area (Å²) in [5.41, 5.74) is 9.40. The van der Waals surface area contributed by atoms with Crippen molar-refractivity contribution in [3.63, 3.8) is 0 Å². The van der Waals surface area contributed by atoms with Crippen molar-refractivity contribution in [2.45, 2.75) is 0 Å². The molecule has 0 aliphatic heterocycles. The molecule has 1 heterocycles. The molecular formula is C54H35NS. The van der Waals surface area contributed by atoms with E-state index < -0.39 is 0 Å². The van der Waals surface area contributed by atoms with Gasteiger partial charge in [-0.2, -0.15) is 0 Å². The minimum absolute atomic E-state index is 1.11. The predicted molar refractivity (Wildman–Crippen MR) is 243 cm³/mol. The summed E-state index contributed by atoms with van der Waals surface area (Å²) in [5, 5.41) is 11.6. The first-order valence-corrected chi connectivity index (χ1v) is 20.0. The first-order chi connectivity index (χ1) is 27.7. The van der Waals surface area contributed by atoms with Gasteiger partial charge in [0.1, 0.15) is 0 Å². The molecule has 0 aliphatic carbocycles. The SMILES string of the molecule is c1ccc2cc(-c3ccc(N(c4ccc(-c5ccc6ccccc6c5)cc4)c4ccc(-c5cc6c7ccccc7c7ccccc7c6s5)cc4)cc3)ccc2c1. The van der Waals surface area contributed by atoms with Crippen LogP contribution in [0.15, 0.2) is 212 Å². The van der Waals surface area contributed by atoms with Crippen molar-refractivity contribution in [1.29, 1.82) is 0 Å². The maximum absolute atomic E-state index is 2.39. The van der Waals surface area contributed by atoms with Crippen molar-refractivity contribution >= 4 is 81.6 Å². The van der Waals surface area contributed by atoms with Crippen LogP contribution < -0.4 is 4.90 Å². The molecule has 11 aromatic rings. The standard InChI is InChI=1S/C54H35NS/c1-3-11-41-33-43(19-17-36(41)9-1)38-21-27-45(28-22-38)55(46-29-23-39(24-30-46)44-20-18-37-10-2-4-12-42(37)34-44)47-31-25-40(26-32-47)53-35-52-50-15-6-5-13-48(50)49-14-7-8-16-51(49)54(52)56-53/h1-35H. The van der Waals surface area contributed by atoms with Crippen LogP contribution in [-0.4, -0.2) is 0 Å². The third-order valence-corrected chi connectivity index (χ3v) is 12.5. The molecular weight excluding hydrogens is 695 g/mol. The van der Waals surface area contributed by atoms with Gasteiger partial charge in [-0.25, -0.2) is 0 Å². The monoisotopic (exact) mass is 729 g/mol. The van der Waals surface area contributed by atoms with Crippen LogP contribution in [0.4, 0.5) is 17.1 Å². The molecule has 0 unspecified atom stereocenters. The first-order valence-electron chi connectivity index (χ1n) is 19.2. The van der Waals surface area contributed by atoms with Crippen LogP contribution in [0.5, 0.6) is 0 Å². The molecule has 0 atom stereocenters. The van der Waals surface area contributed by atoms with Gasteiger partial charge in [0.25, 0.3) is 0 Å². The number of benzene rings is 10. The highest BCUT2D eigenvalue weighted by atomic mass is 32.1. The van der Waals surface area contributed by atoms with E-state index in [0.29, 0.717) is 0 Å². The van der Waals surface area contributed by atoms with Crippen LogP contribution in [-0.2, 0) is 0 Å². The highest BCUT2D eigenvalue weighted by molar-refractivity contribution is 7.23. The smallest absolute Gasteiger partial charge is 0.0462 e. The molecule has 0 fully saturated rings. The maximum Gasteiger partial charge on any atom is 0.0462 e. The van der Waals surface area contributed by atoms with Gasteiger partial charge in [-0.05, 0) is 120 Å². The van der Waals surface area contributed by atoms with Crippen LogP contribution in [0.3, 0.4) is 0 Å². The molecule has 0 saturated carbocycles. The lowest BCUT2D eigenvalue weighted by Gasteiger charge is -2.26. The van der Waals surface area contributed by atoms with Crippen molar-refractivity contribution in [3.05, 3.63) is 212 Å². The third kappa shape index (κ3) is 5.62. The molecule has 2 heteroatoms. The Bertz CT molecular complexity index is 3030. The number of hydrogen-bond donors (Lipinski definition) is 0. The van der Waals surface area contributed by atoms with E-state index in [1.54, 1.807) is 0 Å². The van der Waals surface area contributed by atoms with E-state index in [2.05, 4.69) is 217 Å². The summed E-state index contributed by atoms with van der Waals surface area (Å²) in [5.74, 6) is 0. The Kier molecular flexibility index (Phi) is 7.75. The Labute approximate surface area is 330 Å². The molecule has 0 bridgehead atoms. The maximum atomic E-state index is 2.39. The van der Waals surface area contributed by atoms with E-state index in [1.165, 1.54) is 85.9 Å². The summed E-state index contributed by atoms with van der Waals surface area (Å²) in [6.07, 6.45) is 0. The van der Waals surface area contributed by atoms with Gasteiger partial charge < -0.3 is 4.90 Å². The molecule has 11 rings (SSSR count). The lowest BCUT2D eigenvalue weighted by Crippen LogP contribution is -2.09. The minimum Gasteiger partial charge on any atom is -0.311 e. The summed E-state index contributed by atoms with van der Waals surface area (Å²) < 4.78 is 1.35. The van der Waals surface area contributed by atoms with Crippen molar-refractivity contribution in [1.82, 2.24) is 0 Å². The Balaban J connectivity index is 0.985. The van der Waals surface area contributed by atoms with E-state index in [9.17, 15) is 0 Å². The van der Waals surface area contributed by atoms with Crippen LogP contribution in [0.1, 0.15) is 0 Å². The van der Waals surface area contributed by atoms with Gasteiger partial charge in [0, 0.05) is 37.4 Å². The van der Waals surface area contributed by atoms with Gasteiger partial charge in [0.15, 0.2) is 0 Å². The van der Waals surface area contributed by atoms with Gasteiger partial charge >= 0.3 is 0 Å². The Hall–Kier alpha value is -7.00. The van der Waals surface area contributed by atoms with E-state index in [-0.39, 0.29) is 0 Å². The molecule has 0 spiro atoms. The lowest BCUT2D eigenvalue weighted by molar-refractivity contribution is 1.28. The Morgan fingerprint density at radius 3 is 1.14 bits per heavy atom. The average molecular weight is 730 g/mol. The quantitative estimate of drug-likeness (QED) is 0.154. The zero-order valence-corrected chi connectivity index (χ0v) is 31.4. The molecule has 56 heavy (non-hydrogen) atoms. The Morgan fingerprint density at radius 2 is 0.643 bits per heavy atom. The largest absolute Gasteiger partial charge is 0.311 e. The van der Waals surface area contributed by atoms with Gasteiger partial charge in [-0.1, -0.05) is 158 Å². The molecule has 0 aliphatic rings. The molecule has 262 valence electrons. The van der Waals surface area contributed by atoms with Crippen LogP contribution in [0.2, 0.25) is 0 Å². The number of anilines is 3. The Morgan fingerprint density at radius 1 is 0.268 bits per heavy atom. The number of fused-ring (bicyclic) bond motifs is 8. The van der Waals surface area contributed by atoms with Crippen LogP contribution in [0.25, 0.3) is 85.9 Å². The second-order valence-corrected chi connectivity index (χ2v) is 15.6. The van der Waals surface area contributed by atoms with E-state index in [1.807, 2.05) is 11.3 Å². The lowest BCUT2D eigenvalue weighted by atomic mass is 9.98. The highest BCUT2D eigenvalue weighted by Crippen LogP contribution is 2.44. The summed E-state index contributed by atoms with van der Waals surface area (Å²) in [7, 11) is 0. The van der Waals surface area contributed by atoms with Gasteiger partial charge in [0.05, 0.1) is 0 Å². The normalized spacial score (nSPS) is 11.6. The molecule has 0 radical (unpaired) electrons. The second-order valence-electron chi connectivity index (χ2n) is 14.5. The van der Waals surface area contributed by atoms with Crippen LogP contribution >= 0.6 is 11.3 Å². The van der Waals surface area contributed by atoms with Crippen molar-refractivity contribution in [3.8, 4) is 32.7 Å². The van der Waals surface area contributed by atoms with Gasteiger partial charge in [-0.3, -0.25) is 0 Å². The van der Waals surface area contributed by atoms with Crippen molar-refractivity contribution < 1.29 is 0 Å². The molecule has 0 amide bonds. The first kappa shape index (κ1) is 32.4. The summed E-state index contributed by atoms with van der Waals surface area (Å²) in [6.45, 7) is 0. The van der Waals surface area contributed by atoms with Crippen molar-refractivity contribution in [2.75, 3.05) is 4.90 Å². The molecule has 10 aromatic carbocycles. The van der Waals surface area contributed by atoms with E-state index in [4.69, 9.17) is 0 Å². The predicted octanol–water partition coefficient (Wildman–Crippen LogP) is 16.0. The van der Waals surface area contributed by atoms with Crippen LogP contribution in [0, 0.1) is 0 Å². The van der Waals surface area contributed by atoms with E-state index >= 15 is 0 Å². The summed E-state index contributed by atoms with van der Waals surface area (Å²) >= 11 is 1.89. The van der Waals surface area contributed by atoms with Gasteiger partial charge in [0.2, 0.25) is 0 Å². The minimum atomic E-state index is 1.11. The summed E-state index contributed by atoms with van der Waals surface area (Å²) in [6, 6.07) is 77.6.